The molecule has 0 aromatic rings. The summed E-state index contributed by atoms with van der Waals surface area (Å²) < 4.78 is 5.81. The Morgan fingerprint density at radius 1 is 0.923 bits per heavy atom. The van der Waals surface area contributed by atoms with Crippen LogP contribution in [-0.4, -0.2) is 66.8 Å². The van der Waals surface area contributed by atoms with Crippen molar-refractivity contribution in [2.75, 3.05) is 0 Å². The van der Waals surface area contributed by atoms with Crippen molar-refractivity contribution in [2.24, 2.45) is 28.6 Å². The average Bonchev–Trinajstić information content (AvgIpc) is 3.24. The summed E-state index contributed by atoms with van der Waals surface area (Å²) in [5.74, 6) is -0.921. The van der Waals surface area contributed by atoms with E-state index in [9.17, 15) is 25.5 Å². The lowest BCUT2D eigenvalue weighted by atomic mass is 9.58. The van der Waals surface area contributed by atoms with E-state index in [4.69, 9.17) is 4.74 Å². The van der Waals surface area contributed by atoms with E-state index in [0.29, 0.717) is 19.3 Å². The van der Waals surface area contributed by atoms with Gasteiger partial charge in [0.25, 0.3) is 0 Å². The largest absolute Gasteiger partial charge is 0.390 e. The fourth-order valence-electron chi connectivity index (χ4n) is 8.15. The minimum absolute atomic E-state index is 0.0434. The van der Waals surface area contributed by atoms with Crippen LogP contribution in [0.4, 0.5) is 0 Å². The lowest BCUT2D eigenvalue weighted by molar-refractivity contribution is -0.232. The number of hydrogen-bond acceptors (Lipinski definition) is 6. The topological polar surface area (TPSA) is 114 Å². The van der Waals surface area contributed by atoms with Gasteiger partial charge in [0.15, 0.2) is 0 Å². The summed E-state index contributed by atoms with van der Waals surface area (Å²) in [5.41, 5.74) is -5.44. The van der Waals surface area contributed by atoms with Gasteiger partial charge in [0.2, 0.25) is 0 Å². The van der Waals surface area contributed by atoms with Crippen LogP contribution in [0.3, 0.4) is 0 Å². The standard InChI is InChI=1S/C20H32O6/c1-16(2)15-11(26-15)12-18(4,24)10-6-5-9-7-19(10,8-17(9,3)23)13(21)14(22)20(12,16)25/h9-15,21-25H,5-8H2,1-4H3/t9-,10-,11-,12-,13+,14+,15-,17+,18+,19?,20-/m0/s1. The first-order chi connectivity index (χ1) is 11.8. The van der Waals surface area contributed by atoms with Crippen molar-refractivity contribution < 1.29 is 30.3 Å². The monoisotopic (exact) mass is 368 g/mol. The fraction of sp³-hybridized carbons (Fsp3) is 1.00. The molecule has 4 saturated carbocycles. The van der Waals surface area contributed by atoms with Gasteiger partial charge < -0.3 is 30.3 Å². The van der Waals surface area contributed by atoms with Gasteiger partial charge in [-0.15, -0.1) is 0 Å². The molecular formula is C20H32O6. The molecule has 5 rings (SSSR count). The van der Waals surface area contributed by atoms with Crippen molar-refractivity contribution in [3.63, 3.8) is 0 Å². The Bertz CT molecular complexity index is 659. The highest BCUT2D eigenvalue weighted by atomic mass is 16.6. The first-order valence-electron chi connectivity index (χ1n) is 10.0. The van der Waals surface area contributed by atoms with E-state index in [1.807, 2.05) is 13.8 Å². The molecule has 6 nitrogen and oxygen atoms in total. The van der Waals surface area contributed by atoms with E-state index >= 15 is 0 Å². The van der Waals surface area contributed by atoms with Crippen molar-refractivity contribution in [3.8, 4) is 0 Å². The normalized spacial score (nSPS) is 68.0. The zero-order chi connectivity index (χ0) is 19.1. The molecule has 5 fully saturated rings. The third-order valence-electron chi connectivity index (χ3n) is 9.44. The molecule has 2 bridgehead atoms. The van der Waals surface area contributed by atoms with Crippen molar-refractivity contribution in [1.82, 2.24) is 0 Å². The maximum atomic E-state index is 11.8. The summed E-state index contributed by atoms with van der Waals surface area (Å²) in [6.45, 7) is 7.24. The van der Waals surface area contributed by atoms with Crippen LogP contribution < -0.4 is 0 Å². The van der Waals surface area contributed by atoms with Crippen LogP contribution in [-0.2, 0) is 4.74 Å². The van der Waals surface area contributed by atoms with Crippen LogP contribution in [0.15, 0.2) is 0 Å². The van der Waals surface area contributed by atoms with Gasteiger partial charge in [-0.25, -0.2) is 0 Å². The van der Waals surface area contributed by atoms with E-state index in [2.05, 4.69) is 0 Å². The second-order valence-corrected chi connectivity index (χ2v) is 11.0. The summed E-state index contributed by atoms with van der Waals surface area (Å²) in [6, 6.07) is 0. The van der Waals surface area contributed by atoms with Gasteiger partial charge in [-0.2, -0.15) is 0 Å². The Hall–Kier alpha value is -0.240. The zero-order valence-corrected chi connectivity index (χ0v) is 16.0. The average molecular weight is 368 g/mol. The molecule has 1 heterocycles. The minimum Gasteiger partial charge on any atom is -0.390 e. The predicted molar refractivity (Wildman–Crippen MR) is 92.0 cm³/mol. The summed E-state index contributed by atoms with van der Waals surface area (Å²) in [5, 5.41) is 57.1. The molecule has 26 heavy (non-hydrogen) atoms. The second-order valence-electron chi connectivity index (χ2n) is 11.0. The van der Waals surface area contributed by atoms with Crippen molar-refractivity contribution in [3.05, 3.63) is 0 Å². The molecule has 148 valence electrons. The van der Waals surface area contributed by atoms with Crippen LogP contribution in [0.2, 0.25) is 0 Å². The number of aliphatic hydroxyl groups is 5. The van der Waals surface area contributed by atoms with Gasteiger partial charge in [-0.3, -0.25) is 0 Å². The van der Waals surface area contributed by atoms with E-state index in [1.165, 1.54) is 0 Å². The molecule has 0 amide bonds. The first-order valence-corrected chi connectivity index (χ1v) is 10.0. The molecule has 1 unspecified atom stereocenters. The fourth-order valence-corrected chi connectivity index (χ4v) is 8.15. The number of fused-ring (bicyclic) bond motifs is 4. The Labute approximate surface area is 154 Å². The van der Waals surface area contributed by atoms with Crippen LogP contribution in [0, 0.1) is 28.6 Å². The van der Waals surface area contributed by atoms with Crippen molar-refractivity contribution in [2.45, 2.75) is 94.6 Å². The molecule has 4 aliphatic carbocycles. The molecule has 5 N–H and O–H groups in total. The molecule has 0 aromatic carbocycles. The maximum Gasteiger partial charge on any atom is 0.110 e. The molecule has 6 heteroatoms. The zero-order valence-electron chi connectivity index (χ0n) is 16.0. The SMILES string of the molecule is CC1(C)[C@H]2O[C@H]2[C@H]2[C@](C)(O)[C@@H]3CC[C@H]4CC3(C[C@@]4(C)O)[C@H](O)[C@@H](O)[C@@]21O. The summed E-state index contributed by atoms with van der Waals surface area (Å²) >= 11 is 0. The number of epoxide rings is 1. The van der Waals surface area contributed by atoms with Crippen LogP contribution in [0.1, 0.15) is 53.4 Å². The van der Waals surface area contributed by atoms with Gasteiger partial charge in [-0.05, 0) is 51.4 Å². The van der Waals surface area contributed by atoms with Crippen molar-refractivity contribution in [1.29, 1.82) is 0 Å². The Kier molecular flexibility index (Phi) is 3.08. The van der Waals surface area contributed by atoms with Crippen LogP contribution in [0.25, 0.3) is 0 Å². The summed E-state index contributed by atoms with van der Waals surface area (Å²) in [6.07, 6.45) is -0.752. The highest BCUT2D eigenvalue weighted by Crippen LogP contribution is 2.72. The highest BCUT2D eigenvalue weighted by molar-refractivity contribution is 5.32. The second kappa shape index (κ2) is 4.50. The Balaban J connectivity index is 1.71. The van der Waals surface area contributed by atoms with E-state index in [-0.39, 0.29) is 24.0 Å². The number of ether oxygens (including phenoxy) is 1. The first kappa shape index (κ1) is 17.8. The molecule has 5 aliphatic rings. The van der Waals surface area contributed by atoms with E-state index in [0.717, 1.165) is 6.42 Å². The quantitative estimate of drug-likeness (QED) is 0.390. The third kappa shape index (κ3) is 1.64. The molecule has 11 atom stereocenters. The van der Waals surface area contributed by atoms with Crippen molar-refractivity contribution >= 4 is 0 Å². The molecule has 0 radical (unpaired) electrons. The molecule has 1 spiro atoms. The summed E-state index contributed by atoms with van der Waals surface area (Å²) in [4.78, 5) is 0. The Morgan fingerprint density at radius 2 is 1.58 bits per heavy atom. The molecule has 1 saturated heterocycles. The third-order valence-corrected chi connectivity index (χ3v) is 9.44. The molecular weight excluding hydrogens is 336 g/mol. The number of aliphatic hydroxyl groups excluding tert-OH is 2. The molecule has 1 aliphatic heterocycles. The van der Waals surface area contributed by atoms with E-state index in [1.54, 1.807) is 13.8 Å². The number of rotatable bonds is 0. The lowest BCUT2D eigenvalue weighted by Crippen LogP contribution is -2.64. The van der Waals surface area contributed by atoms with Gasteiger partial charge in [0, 0.05) is 16.7 Å². The van der Waals surface area contributed by atoms with E-state index < -0.39 is 45.8 Å². The van der Waals surface area contributed by atoms with Crippen LogP contribution >= 0.6 is 0 Å². The highest BCUT2D eigenvalue weighted by Gasteiger charge is 2.83. The minimum atomic E-state index is -1.64. The maximum absolute atomic E-state index is 11.8. The molecule has 0 aromatic heterocycles. The lowest BCUT2D eigenvalue weighted by Gasteiger charge is -2.50. The van der Waals surface area contributed by atoms with Gasteiger partial charge in [-0.1, -0.05) is 13.8 Å². The number of hydrogen-bond donors (Lipinski definition) is 5. The Morgan fingerprint density at radius 3 is 2.23 bits per heavy atom. The van der Waals surface area contributed by atoms with Gasteiger partial charge in [0.05, 0.1) is 29.5 Å². The predicted octanol–water partition coefficient (Wildman–Crippen LogP) is 0.185. The van der Waals surface area contributed by atoms with Crippen LogP contribution in [0.5, 0.6) is 0 Å². The van der Waals surface area contributed by atoms with Gasteiger partial charge in [0.1, 0.15) is 11.7 Å². The van der Waals surface area contributed by atoms with Gasteiger partial charge >= 0.3 is 0 Å². The smallest absolute Gasteiger partial charge is 0.110 e. The summed E-state index contributed by atoms with van der Waals surface area (Å²) in [7, 11) is 0.